The van der Waals surface area contributed by atoms with Crippen molar-refractivity contribution in [3.63, 3.8) is 0 Å². The molecular weight excluding hydrogens is 422 g/mol. The van der Waals surface area contributed by atoms with Crippen LogP contribution in [-0.4, -0.2) is 28.8 Å². The highest BCUT2D eigenvalue weighted by atomic mass is 79.9. The summed E-state index contributed by atoms with van der Waals surface area (Å²) in [5, 5.41) is 15.0. The number of carbonyl (C=O) groups excluding carboxylic acids is 1. The van der Waals surface area contributed by atoms with Gasteiger partial charge in [0.25, 0.3) is 0 Å². The Labute approximate surface area is 171 Å². The van der Waals surface area contributed by atoms with Crippen LogP contribution in [0.2, 0.25) is 0 Å². The van der Waals surface area contributed by atoms with E-state index in [0.717, 1.165) is 10.0 Å². The van der Waals surface area contributed by atoms with Crippen LogP contribution in [0.5, 0.6) is 11.6 Å². The lowest BCUT2D eigenvalue weighted by Gasteiger charge is -2.17. The number of pyridine rings is 1. The molecule has 0 aliphatic rings. The van der Waals surface area contributed by atoms with Crippen LogP contribution in [0.4, 0.5) is 10.5 Å². The van der Waals surface area contributed by atoms with Crippen LogP contribution in [0.15, 0.2) is 77.4 Å². The Kier molecular flexibility index (Phi) is 7.00. The van der Waals surface area contributed by atoms with Crippen LogP contribution in [0.3, 0.4) is 0 Å². The lowest BCUT2D eigenvalue weighted by Crippen LogP contribution is -2.41. The predicted molar refractivity (Wildman–Crippen MR) is 112 cm³/mol. The largest absolute Gasteiger partial charge is 0.439 e. The number of ether oxygens (including phenoxy) is 1. The molecule has 0 bridgehead atoms. The molecule has 2 amide bonds. The normalized spacial score (nSPS) is 11.5. The number of halogens is 1. The highest BCUT2D eigenvalue weighted by Crippen LogP contribution is 2.23. The van der Waals surface area contributed by atoms with Gasteiger partial charge in [-0.25, -0.2) is 9.78 Å². The van der Waals surface area contributed by atoms with Crippen LogP contribution < -0.4 is 15.4 Å². The molecule has 1 heterocycles. The molecule has 1 aromatic heterocycles. The number of nitrogens with one attached hydrogen (secondary N) is 2. The molecule has 0 fully saturated rings. The van der Waals surface area contributed by atoms with Gasteiger partial charge in [-0.2, -0.15) is 0 Å². The topological polar surface area (TPSA) is 83.5 Å². The van der Waals surface area contributed by atoms with Crippen molar-refractivity contribution in [3.05, 3.63) is 83.0 Å². The number of nitrogens with zero attached hydrogens (tertiary/aromatic N) is 1. The third-order valence-electron chi connectivity index (χ3n) is 3.89. The molecule has 0 radical (unpaired) electrons. The number of amides is 2. The van der Waals surface area contributed by atoms with Crippen LogP contribution >= 0.6 is 15.9 Å². The minimum Gasteiger partial charge on any atom is -0.439 e. The third-order valence-corrected chi connectivity index (χ3v) is 4.39. The summed E-state index contributed by atoms with van der Waals surface area (Å²) in [5.41, 5.74) is 1.56. The molecule has 28 heavy (non-hydrogen) atoms. The molecule has 0 aliphatic heterocycles. The fraction of sp³-hybridized carbons (Fsp3) is 0.143. The Hall–Kier alpha value is -2.90. The number of aliphatic hydroxyl groups excluding tert-OH is 1. The van der Waals surface area contributed by atoms with Crippen molar-refractivity contribution in [1.82, 2.24) is 10.3 Å². The highest BCUT2D eigenvalue weighted by Gasteiger charge is 2.12. The van der Waals surface area contributed by atoms with E-state index in [9.17, 15) is 9.90 Å². The minimum absolute atomic E-state index is 0.153. The van der Waals surface area contributed by atoms with E-state index in [1.54, 1.807) is 12.1 Å². The zero-order valence-corrected chi connectivity index (χ0v) is 16.6. The van der Waals surface area contributed by atoms with E-state index in [1.807, 2.05) is 54.6 Å². The van der Waals surface area contributed by atoms with E-state index in [1.165, 1.54) is 6.20 Å². The van der Waals surface area contributed by atoms with Gasteiger partial charge < -0.3 is 20.5 Å². The molecule has 2 aromatic carbocycles. The van der Waals surface area contributed by atoms with Gasteiger partial charge in [-0.05, 0) is 36.2 Å². The SMILES string of the molecule is O=C(Nc1ccc(Oc2cccc(Br)c2)nc1)NC(CO)Cc1ccccc1. The summed E-state index contributed by atoms with van der Waals surface area (Å²) in [4.78, 5) is 16.4. The fourth-order valence-electron chi connectivity index (χ4n) is 2.58. The molecule has 1 unspecified atom stereocenters. The first-order chi connectivity index (χ1) is 13.6. The molecule has 3 rings (SSSR count). The van der Waals surface area contributed by atoms with Crippen LogP contribution in [0, 0.1) is 0 Å². The van der Waals surface area contributed by atoms with E-state index in [0.29, 0.717) is 23.7 Å². The Bertz CT molecular complexity index is 904. The van der Waals surface area contributed by atoms with Gasteiger partial charge in [0.15, 0.2) is 0 Å². The maximum Gasteiger partial charge on any atom is 0.319 e. The average molecular weight is 442 g/mol. The number of rotatable bonds is 7. The van der Waals surface area contributed by atoms with Crippen molar-refractivity contribution in [2.45, 2.75) is 12.5 Å². The van der Waals surface area contributed by atoms with Crippen LogP contribution in [0.1, 0.15) is 5.56 Å². The first-order valence-electron chi connectivity index (χ1n) is 8.74. The van der Waals surface area contributed by atoms with Gasteiger partial charge >= 0.3 is 6.03 Å². The van der Waals surface area contributed by atoms with Crippen molar-refractivity contribution >= 4 is 27.6 Å². The van der Waals surface area contributed by atoms with Crippen molar-refractivity contribution in [3.8, 4) is 11.6 Å². The second-order valence-electron chi connectivity index (χ2n) is 6.11. The molecule has 0 spiro atoms. The number of aliphatic hydroxyl groups is 1. The number of aromatic nitrogens is 1. The number of hydrogen-bond donors (Lipinski definition) is 3. The standard InChI is InChI=1S/C21H20BrN3O3/c22-16-7-4-8-19(12-16)28-20-10-9-17(13-23-20)24-21(27)25-18(14-26)11-15-5-2-1-3-6-15/h1-10,12-13,18,26H,11,14H2,(H2,24,25,27). The fourth-order valence-corrected chi connectivity index (χ4v) is 2.96. The van der Waals surface area contributed by atoms with Crippen molar-refractivity contribution in [2.24, 2.45) is 0 Å². The van der Waals surface area contributed by atoms with Gasteiger partial charge in [0.05, 0.1) is 24.5 Å². The molecule has 3 N–H and O–H groups in total. The number of anilines is 1. The number of urea groups is 1. The van der Waals surface area contributed by atoms with E-state index >= 15 is 0 Å². The summed E-state index contributed by atoms with van der Waals surface area (Å²) in [6.45, 7) is -0.153. The smallest absolute Gasteiger partial charge is 0.319 e. The molecule has 6 nitrogen and oxygen atoms in total. The van der Waals surface area contributed by atoms with Gasteiger partial charge in [0.1, 0.15) is 5.75 Å². The zero-order valence-electron chi connectivity index (χ0n) is 15.0. The van der Waals surface area contributed by atoms with Crippen molar-refractivity contribution < 1.29 is 14.6 Å². The first kappa shape index (κ1) is 19.9. The minimum atomic E-state index is -0.405. The summed E-state index contributed by atoms with van der Waals surface area (Å²) >= 11 is 3.39. The average Bonchev–Trinajstić information content (AvgIpc) is 2.70. The van der Waals surface area contributed by atoms with E-state index in [2.05, 4.69) is 31.5 Å². The van der Waals surface area contributed by atoms with E-state index < -0.39 is 6.03 Å². The lowest BCUT2D eigenvalue weighted by molar-refractivity contribution is 0.224. The molecule has 0 saturated carbocycles. The van der Waals surface area contributed by atoms with Gasteiger partial charge in [0.2, 0.25) is 5.88 Å². The van der Waals surface area contributed by atoms with Crippen LogP contribution in [0.25, 0.3) is 0 Å². The molecular formula is C21H20BrN3O3. The second-order valence-corrected chi connectivity index (χ2v) is 7.03. The predicted octanol–water partition coefficient (Wildman–Crippen LogP) is 4.36. The zero-order chi connectivity index (χ0) is 19.8. The quantitative estimate of drug-likeness (QED) is 0.508. The Morgan fingerprint density at radius 3 is 2.61 bits per heavy atom. The Morgan fingerprint density at radius 2 is 1.93 bits per heavy atom. The highest BCUT2D eigenvalue weighted by molar-refractivity contribution is 9.10. The molecule has 1 atom stereocenters. The summed E-state index contributed by atoms with van der Waals surface area (Å²) in [5.74, 6) is 1.08. The number of hydrogen-bond acceptors (Lipinski definition) is 4. The van der Waals surface area contributed by atoms with Crippen molar-refractivity contribution in [1.29, 1.82) is 0 Å². The Balaban J connectivity index is 1.53. The van der Waals surface area contributed by atoms with Crippen molar-refractivity contribution in [2.75, 3.05) is 11.9 Å². The molecule has 0 aliphatic carbocycles. The summed E-state index contributed by atoms with van der Waals surface area (Å²) in [6, 6.07) is 19.7. The summed E-state index contributed by atoms with van der Waals surface area (Å²) in [6.07, 6.45) is 2.06. The summed E-state index contributed by atoms with van der Waals surface area (Å²) < 4.78 is 6.58. The molecule has 144 valence electrons. The monoisotopic (exact) mass is 441 g/mol. The Morgan fingerprint density at radius 1 is 1.11 bits per heavy atom. The van der Waals surface area contributed by atoms with E-state index in [4.69, 9.17) is 4.74 Å². The molecule has 0 saturated heterocycles. The van der Waals surface area contributed by atoms with Gasteiger partial charge in [-0.1, -0.05) is 52.3 Å². The molecule has 7 heteroatoms. The second kappa shape index (κ2) is 9.87. The van der Waals surface area contributed by atoms with Gasteiger partial charge in [0, 0.05) is 10.5 Å². The lowest BCUT2D eigenvalue weighted by atomic mass is 10.1. The van der Waals surface area contributed by atoms with E-state index in [-0.39, 0.29) is 12.6 Å². The number of carbonyl (C=O) groups is 1. The summed E-state index contributed by atoms with van der Waals surface area (Å²) in [7, 11) is 0. The van der Waals surface area contributed by atoms with Gasteiger partial charge in [-0.3, -0.25) is 0 Å². The third kappa shape index (κ3) is 6.07. The van der Waals surface area contributed by atoms with Crippen LogP contribution in [-0.2, 0) is 6.42 Å². The molecule has 3 aromatic rings. The number of benzene rings is 2. The first-order valence-corrected chi connectivity index (χ1v) is 9.53. The van der Waals surface area contributed by atoms with Gasteiger partial charge in [-0.15, -0.1) is 0 Å². The maximum absolute atomic E-state index is 12.2. The maximum atomic E-state index is 12.2.